The SMILES string of the molecule is CC(C)(C)OC(=O)N1CCN(Cc2cccc(-c3ccc(S(=O)(=O)c4ccccc4F)cc3)c2)CC1. The Morgan fingerprint density at radius 1 is 0.889 bits per heavy atom. The van der Waals surface area contributed by atoms with Crippen LogP contribution in [-0.4, -0.2) is 56.1 Å². The van der Waals surface area contributed by atoms with Gasteiger partial charge in [0.25, 0.3) is 0 Å². The van der Waals surface area contributed by atoms with E-state index >= 15 is 0 Å². The normalized spacial score (nSPS) is 15.1. The highest BCUT2D eigenvalue weighted by Crippen LogP contribution is 2.27. The van der Waals surface area contributed by atoms with E-state index in [0.717, 1.165) is 42.4 Å². The minimum atomic E-state index is -3.94. The number of hydrogen-bond acceptors (Lipinski definition) is 5. The molecule has 1 saturated heterocycles. The third-order valence-electron chi connectivity index (χ3n) is 5.98. The van der Waals surface area contributed by atoms with E-state index < -0.39 is 21.3 Å². The first kappa shape index (κ1) is 25.9. The molecule has 0 aromatic heterocycles. The van der Waals surface area contributed by atoms with Gasteiger partial charge in [0.05, 0.1) is 4.90 Å². The van der Waals surface area contributed by atoms with E-state index in [1.165, 1.54) is 30.3 Å². The summed E-state index contributed by atoms with van der Waals surface area (Å²) in [6.45, 7) is 9.09. The number of benzene rings is 3. The fraction of sp³-hybridized carbons (Fsp3) is 0.321. The molecule has 0 radical (unpaired) electrons. The maximum atomic E-state index is 14.1. The molecule has 0 bridgehead atoms. The van der Waals surface area contributed by atoms with Crippen molar-refractivity contribution in [1.82, 2.24) is 9.80 Å². The topological polar surface area (TPSA) is 66.9 Å². The molecule has 190 valence electrons. The fourth-order valence-electron chi connectivity index (χ4n) is 4.14. The smallest absolute Gasteiger partial charge is 0.410 e. The van der Waals surface area contributed by atoms with Gasteiger partial charge in [-0.1, -0.05) is 42.5 Å². The molecule has 1 amide bonds. The zero-order chi connectivity index (χ0) is 25.9. The van der Waals surface area contributed by atoms with E-state index in [0.29, 0.717) is 13.1 Å². The Labute approximate surface area is 212 Å². The lowest BCUT2D eigenvalue weighted by Gasteiger charge is -2.35. The Balaban J connectivity index is 1.41. The van der Waals surface area contributed by atoms with E-state index in [4.69, 9.17) is 4.74 Å². The number of halogens is 1. The van der Waals surface area contributed by atoms with Crippen LogP contribution in [0.25, 0.3) is 11.1 Å². The van der Waals surface area contributed by atoms with Crippen LogP contribution in [0.5, 0.6) is 0 Å². The number of rotatable bonds is 5. The molecule has 1 aliphatic rings. The molecule has 36 heavy (non-hydrogen) atoms. The summed E-state index contributed by atoms with van der Waals surface area (Å²) in [7, 11) is -3.94. The van der Waals surface area contributed by atoms with Gasteiger partial charge in [-0.2, -0.15) is 0 Å². The summed E-state index contributed by atoms with van der Waals surface area (Å²) >= 11 is 0. The van der Waals surface area contributed by atoms with Crippen molar-refractivity contribution in [1.29, 1.82) is 0 Å². The number of amides is 1. The van der Waals surface area contributed by atoms with Gasteiger partial charge < -0.3 is 9.64 Å². The first-order chi connectivity index (χ1) is 17.0. The second kappa shape index (κ2) is 10.4. The molecule has 0 saturated carbocycles. The van der Waals surface area contributed by atoms with Gasteiger partial charge in [0, 0.05) is 32.7 Å². The van der Waals surface area contributed by atoms with Gasteiger partial charge >= 0.3 is 6.09 Å². The molecule has 1 fully saturated rings. The third-order valence-corrected chi connectivity index (χ3v) is 7.78. The monoisotopic (exact) mass is 510 g/mol. The van der Waals surface area contributed by atoms with E-state index in [9.17, 15) is 17.6 Å². The van der Waals surface area contributed by atoms with Gasteiger partial charge in [-0.05, 0) is 67.8 Å². The van der Waals surface area contributed by atoms with Crippen molar-refractivity contribution >= 4 is 15.9 Å². The molecule has 6 nitrogen and oxygen atoms in total. The first-order valence-electron chi connectivity index (χ1n) is 11.9. The molecule has 3 aromatic carbocycles. The Morgan fingerprint density at radius 2 is 1.56 bits per heavy atom. The largest absolute Gasteiger partial charge is 0.444 e. The molecular weight excluding hydrogens is 479 g/mol. The average Bonchev–Trinajstić information content (AvgIpc) is 2.84. The predicted octanol–water partition coefficient (Wildman–Crippen LogP) is 5.38. The summed E-state index contributed by atoms with van der Waals surface area (Å²) < 4.78 is 45.2. The summed E-state index contributed by atoms with van der Waals surface area (Å²) in [6, 6.07) is 20.0. The van der Waals surface area contributed by atoms with Gasteiger partial charge in [0.15, 0.2) is 0 Å². The standard InChI is InChI=1S/C28H31FN2O4S/c1-28(2,3)35-27(32)31-17-15-30(16-18-31)20-21-7-6-8-23(19-21)22-11-13-24(14-12-22)36(33,34)26-10-5-4-9-25(26)29/h4-14,19H,15-18,20H2,1-3H3. The van der Waals surface area contributed by atoms with Crippen molar-refractivity contribution < 1.29 is 22.3 Å². The van der Waals surface area contributed by atoms with E-state index in [2.05, 4.69) is 17.0 Å². The van der Waals surface area contributed by atoms with Crippen LogP contribution in [0, 0.1) is 5.82 Å². The molecule has 1 aliphatic heterocycles. The Bertz CT molecular complexity index is 1330. The fourth-order valence-corrected chi connectivity index (χ4v) is 5.47. The van der Waals surface area contributed by atoms with Crippen molar-refractivity contribution in [3.05, 3.63) is 84.2 Å². The Morgan fingerprint density at radius 3 is 2.19 bits per heavy atom. The lowest BCUT2D eigenvalue weighted by Crippen LogP contribution is -2.49. The van der Waals surface area contributed by atoms with Gasteiger partial charge in [0.2, 0.25) is 9.84 Å². The lowest BCUT2D eigenvalue weighted by atomic mass is 10.0. The average molecular weight is 511 g/mol. The van der Waals surface area contributed by atoms with Crippen molar-refractivity contribution in [2.45, 2.75) is 42.7 Å². The number of carbonyl (C=O) groups excluding carboxylic acids is 1. The van der Waals surface area contributed by atoms with Crippen LogP contribution < -0.4 is 0 Å². The summed E-state index contributed by atoms with van der Waals surface area (Å²) in [5.41, 5.74) is 2.46. The quantitative estimate of drug-likeness (QED) is 0.461. The third kappa shape index (κ3) is 6.12. The number of carbonyl (C=O) groups is 1. The van der Waals surface area contributed by atoms with Crippen LogP contribution in [-0.2, 0) is 21.1 Å². The Hall–Kier alpha value is -3.23. The van der Waals surface area contributed by atoms with Gasteiger partial charge in [0.1, 0.15) is 16.3 Å². The van der Waals surface area contributed by atoms with Crippen LogP contribution in [0.1, 0.15) is 26.3 Å². The van der Waals surface area contributed by atoms with E-state index in [1.54, 1.807) is 17.0 Å². The van der Waals surface area contributed by atoms with Crippen molar-refractivity contribution in [3.63, 3.8) is 0 Å². The number of sulfone groups is 1. The van der Waals surface area contributed by atoms with Gasteiger partial charge in [-0.3, -0.25) is 4.90 Å². The summed E-state index contributed by atoms with van der Waals surface area (Å²) in [4.78, 5) is 16.1. The second-order valence-electron chi connectivity index (χ2n) is 9.90. The molecule has 0 atom stereocenters. The maximum absolute atomic E-state index is 14.1. The van der Waals surface area contributed by atoms with Crippen molar-refractivity contribution in [2.24, 2.45) is 0 Å². The zero-order valence-corrected chi connectivity index (χ0v) is 21.6. The highest BCUT2D eigenvalue weighted by Gasteiger charge is 2.26. The first-order valence-corrected chi connectivity index (χ1v) is 13.4. The predicted molar refractivity (Wildman–Crippen MR) is 137 cm³/mol. The minimum absolute atomic E-state index is 0.0513. The Kier molecular flexibility index (Phi) is 7.47. The van der Waals surface area contributed by atoms with Crippen LogP contribution in [0.3, 0.4) is 0 Å². The van der Waals surface area contributed by atoms with E-state index in [-0.39, 0.29) is 15.9 Å². The molecule has 4 rings (SSSR count). The van der Waals surface area contributed by atoms with Gasteiger partial charge in [-0.15, -0.1) is 0 Å². The van der Waals surface area contributed by atoms with Crippen molar-refractivity contribution in [2.75, 3.05) is 26.2 Å². The van der Waals surface area contributed by atoms with Crippen LogP contribution in [0.2, 0.25) is 0 Å². The molecule has 0 aliphatic carbocycles. The number of piperazine rings is 1. The summed E-state index contributed by atoms with van der Waals surface area (Å²) in [6.07, 6.45) is -0.274. The molecule has 0 spiro atoms. The van der Waals surface area contributed by atoms with E-state index in [1.807, 2.05) is 32.9 Å². The highest BCUT2D eigenvalue weighted by molar-refractivity contribution is 7.91. The zero-order valence-electron chi connectivity index (χ0n) is 20.8. The number of hydrogen-bond donors (Lipinski definition) is 0. The highest BCUT2D eigenvalue weighted by atomic mass is 32.2. The number of ether oxygens (including phenoxy) is 1. The summed E-state index contributed by atoms with van der Waals surface area (Å²) in [5.74, 6) is -0.763. The molecule has 0 unspecified atom stereocenters. The number of nitrogens with zero attached hydrogens (tertiary/aromatic N) is 2. The molecule has 0 N–H and O–H groups in total. The lowest BCUT2D eigenvalue weighted by molar-refractivity contribution is 0.0139. The van der Waals surface area contributed by atoms with Gasteiger partial charge in [-0.25, -0.2) is 17.6 Å². The molecule has 3 aromatic rings. The van der Waals surface area contributed by atoms with Crippen LogP contribution >= 0.6 is 0 Å². The molecule has 8 heteroatoms. The van der Waals surface area contributed by atoms with Crippen molar-refractivity contribution in [3.8, 4) is 11.1 Å². The minimum Gasteiger partial charge on any atom is -0.444 e. The van der Waals surface area contributed by atoms with Crippen LogP contribution in [0.4, 0.5) is 9.18 Å². The second-order valence-corrected chi connectivity index (χ2v) is 11.8. The molecule has 1 heterocycles. The molecular formula is C28H31FN2O4S. The van der Waals surface area contributed by atoms with Crippen LogP contribution in [0.15, 0.2) is 82.6 Å². The maximum Gasteiger partial charge on any atom is 0.410 e. The summed E-state index contributed by atoms with van der Waals surface area (Å²) in [5, 5.41) is 0.